The Kier molecular flexibility index (Phi) is 20.0. The van der Waals surface area contributed by atoms with Crippen molar-refractivity contribution < 1.29 is 8.83 Å². The normalized spacial score (nSPS) is 11.5. The maximum absolute atomic E-state index is 6.86. The molecule has 0 aliphatic heterocycles. The number of hydrogen-bond acceptors (Lipinski definition) is 8. The topological polar surface area (TPSA) is 113 Å². The lowest BCUT2D eigenvalue weighted by molar-refractivity contribution is 0.669. The summed E-state index contributed by atoms with van der Waals surface area (Å²) in [6, 6.07) is 170. The van der Waals surface area contributed by atoms with E-state index in [1.165, 1.54) is 10.8 Å². The van der Waals surface area contributed by atoms with Gasteiger partial charge in [-0.1, -0.05) is 394 Å². The van der Waals surface area contributed by atoms with Gasteiger partial charge in [-0.25, -0.2) is 29.9 Å². The molecule has 20 aromatic carbocycles. The predicted molar refractivity (Wildman–Crippen MR) is 559 cm³/mol. The number of furan rings is 2. The van der Waals surface area contributed by atoms with Gasteiger partial charge in [0.25, 0.3) is 0 Å². The molecule has 0 aliphatic rings. The SMILES string of the molecule is c1ccc(-c2nc(-c3ccccc3)nc(-c3cc(-c4c(-c5ccccc5)cccc4-c4ccccc4)ccc3-c3ccc4oc5cc6c7ccccc7n(-c7ccccc7)c6cc5c4c3)n2)cc1.c1ccc(-c2nc(-c3ccccc3)nc(-c3cc(-c4c(-c5ccccc5)cccc4-c4ccccc4)ccc3-c3cccc4oc5cc6c7ccccc7n(-c7ccccc7)c6cc5c34)n2)cc1. The van der Waals surface area contributed by atoms with Crippen LogP contribution in [0.2, 0.25) is 0 Å². The lowest BCUT2D eigenvalue weighted by Crippen LogP contribution is -2.01. The van der Waals surface area contributed by atoms with Gasteiger partial charge in [0.1, 0.15) is 22.3 Å². The lowest BCUT2D eigenvalue weighted by Gasteiger charge is -2.19. The number of nitrogens with zero attached hydrogens (tertiary/aromatic N) is 8. The van der Waals surface area contributed by atoms with Crippen LogP contribution in [0.4, 0.5) is 0 Å². The molecule has 6 aromatic heterocycles. The van der Waals surface area contributed by atoms with Crippen molar-refractivity contribution >= 4 is 87.5 Å². The summed E-state index contributed by atoms with van der Waals surface area (Å²) < 4.78 is 18.3. The molecule has 0 aliphatic carbocycles. The Morgan fingerprint density at radius 2 is 0.456 bits per heavy atom. The summed E-state index contributed by atoms with van der Waals surface area (Å²) in [4.78, 5) is 31.6. The first-order chi connectivity index (χ1) is 67.4. The molecule has 136 heavy (non-hydrogen) atoms. The van der Waals surface area contributed by atoms with E-state index in [-0.39, 0.29) is 0 Å². The van der Waals surface area contributed by atoms with Crippen LogP contribution < -0.4 is 0 Å². The predicted octanol–water partition coefficient (Wildman–Crippen LogP) is 33.1. The molecule has 0 fully saturated rings. The van der Waals surface area contributed by atoms with Crippen LogP contribution in [0.3, 0.4) is 0 Å². The second kappa shape index (κ2) is 34.2. The van der Waals surface area contributed by atoms with E-state index >= 15 is 0 Å². The number of fused-ring (bicyclic) bond motifs is 12. The molecule has 0 N–H and O–H groups in total. The summed E-state index contributed by atoms with van der Waals surface area (Å²) in [5.41, 5.74) is 33.0. The Balaban J connectivity index is 0.000000145. The lowest BCUT2D eigenvalue weighted by atomic mass is 9.85. The van der Waals surface area contributed by atoms with Crippen LogP contribution in [0.15, 0.2) is 494 Å². The summed E-state index contributed by atoms with van der Waals surface area (Å²) >= 11 is 0. The van der Waals surface area contributed by atoms with Crippen LogP contribution in [-0.4, -0.2) is 39.0 Å². The first-order valence-corrected chi connectivity index (χ1v) is 45.9. The monoisotopic (exact) mass is 1740 g/mol. The van der Waals surface area contributed by atoms with Crippen molar-refractivity contribution in [3.05, 3.63) is 485 Å². The number of benzene rings is 20. The van der Waals surface area contributed by atoms with Crippen molar-refractivity contribution in [2.75, 3.05) is 0 Å². The van der Waals surface area contributed by atoms with Crippen LogP contribution >= 0.6 is 0 Å². The molecule has 636 valence electrons. The third kappa shape index (κ3) is 14.4. The van der Waals surface area contributed by atoms with Crippen LogP contribution in [0, 0.1) is 0 Å². The van der Waals surface area contributed by atoms with E-state index in [0.717, 1.165) is 210 Å². The second-order valence-electron chi connectivity index (χ2n) is 34.2. The van der Waals surface area contributed by atoms with E-state index in [0.29, 0.717) is 34.9 Å². The standard InChI is InChI=1S/2C63H40N4O/c1-6-20-41(21-7-1)47-31-18-32-48(42-22-8-2-9-23-42)59(47)45-36-37-49(53(38-45)63-65-61(43-24-10-3-11-25-43)64-62(66-63)44-26-12-4-13-27-44)51-33-19-35-57-60(51)54-39-56-52(40-58(54)68-57)50-30-16-17-34-55(50)67(56)46-28-14-5-15-29-46;1-6-19-41(20-7-1)49-30-18-31-50(42-21-8-2-9-22-42)60(49)46-33-35-48(55(38-46)63-65-61(43-23-10-3-11-24-43)64-62(66-63)44-25-12-4-13-26-44)45-34-36-58-53(37-45)54-39-57-52(40-59(54)68-58)51-29-16-17-32-56(51)67(57)47-27-14-5-15-28-47/h2*1-40H. The van der Waals surface area contributed by atoms with Gasteiger partial charge < -0.3 is 18.0 Å². The Hall–Kier alpha value is -18.4. The van der Waals surface area contributed by atoms with Crippen LogP contribution in [-0.2, 0) is 0 Å². The molecule has 10 heteroatoms. The fourth-order valence-corrected chi connectivity index (χ4v) is 19.9. The molecule has 0 atom stereocenters. The van der Waals surface area contributed by atoms with Gasteiger partial charge in [0, 0.05) is 87.8 Å². The van der Waals surface area contributed by atoms with Crippen LogP contribution in [0.5, 0.6) is 0 Å². The fraction of sp³-hybridized carbons (Fsp3) is 0. The third-order valence-corrected chi connectivity index (χ3v) is 26.1. The largest absolute Gasteiger partial charge is 0.456 e. The zero-order valence-corrected chi connectivity index (χ0v) is 73.6. The van der Waals surface area contributed by atoms with E-state index in [9.17, 15) is 0 Å². The van der Waals surface area contributed by atoms with Crippen molar-refractivity contribution in [1.29, 1.82) is 0 Å². The average Bonchev–Trinajstić information content (AvgIpc) is 1.56. The molecule has 6 heterocycles. The van der Waals surface area contributed by atoms with Crippen molar-refractivity contribution in [2.24, 2.45) is 0 Å². The highest BCUT2D eigenvalue weighted by Gasteiger charge is 2.28. The average molecular weight is 1740 g/mol. The Bertz CT molecular complexity index is 8810. The molecular weight excluding hydrogens is 1660 g/mol. The minimum Gasteiger partial charge on any atom is -0.456 e. The van der Waals surface area contributed by atoms with Gasteiger partial charge in [0.15, 0.2) is 34.9 Å². The number of rotatable bonds is 16. The number of hydrogen-bond donors (Lipinski definition) is 0. The third-order valence-electron chi connectivity index (χ3n) is 26.1. The Morgan fingerprint density at radius 3 is 0.868 bits per heavy atom. The van der Waals surface area contributed by atoms with E-state index in [2.05, 4.69) is 422 Å². The number of aromatic nitrogens is 8. The van der Waals surface area contributed by atoms with Gasteiger partial charge in [0.2, 0.25) is 0 Å². The minimum atomic E-state index is 0.574. The smallest absolute Gasteiger partial charge is 0.164 e. The van der Waals surface area contributed by atoms with Crippen molar-refractivity contribution in [2.45, 2.75) is 0 Å². The molecule has 0 saturated heterocycles. The first kappa shape index (κ1) is 79.8. The quantitative estimate of drug-likeness (QED) is 0.0940. The van der Waals surface area contributed by atoms with Gasteiger partial charge in [-0.15, -0.1) is 0 Å². The highest BCUT2D eigenvalue weighted by atomic mass is 16.3. The molecule has 26 aromatic rings. The molecule has 0 bridgehead atoms. The summed E-state index contributed by atoms with van der Waals surface area (Å²) in [5.74, 6) is 3.57. The van der Waals surface area contributed by atoms with E-state index in [4.69, 9.17) is 38.7 Å². The molecule has 0 radical (unpaired) electrons. The van der Waals surface area contributed by atoms with Crippen LogP contribution in [0.25, 0.3) is 256 Å². The fourth-order valence-electron chi connectivity index (χ4n) is 19.9. The highest BCUT2D eigenvalue weighted by molar-refractivity contribution is 6.21. The Labute approximate surface area is 784 Å². The Morgan fingerprint density at radius 1 is 0.147 bits per heavy atom. The molecule has 10 nitrogen and oxygen atoms in total. The van der Waals surface area contributed by atoms with Crippen molar-refractivity contribution in [1.82, 2.24) is 39.0 Å². The highest BCUT2D eigenvalue weighted by Crippen LogP contribution is 2.51. The van der Waals surface area contributed by atoms with E-state index in [1.54, 1.807) is 0 Å². The van der Waals surface area contributed by atoms with E-state index in [1.807, 2.05) is 72.8 Å². The zero-order valence-electron chi connectivity index (χ0n) is 73.6. The van der Waals surface area contributed by atoms with E-state index < -0.39 is 0 Å². The van der Waals surface area contributed by atoms with Gasteiger partial charge >= 0.3 is 0 Å². The molecular formula is C126H80N8O2. The summed E-state index contributed by atoms with van der Waals surface area (Å²) in [6.07, 6.45) is 0. The maximum atomic E-state index is 6.86. The van der Waals surface area contributed by atoms with Gasteiger partial charge in [-0.2, -0.15) is 0 Å². The van der Waals surface area contributed by atoms with Gasteiger partial charge in [0.05, 0.1) is 22.1 Å². The summed E-state index contributed by atoms with van der Waals surface area (Å²) in [5, 5.41) is 8.80. The molecule has 0 saturated carbocycles. The zero-order chi connectivity index (χ0) is 89.9. The molecule has 0 spiro atoms. The van der Waals surface area contributed by atoms with Gasteiger partial charge in [-0.3, -0.25) is 0 Å². The van der Waals surface area contributed by atoms with Crippen molar-refractivity contribution in [3.63, 3.8) is 0 Å². The number of para-hydroxylation sites is 4. The second-order valence-corrected chi connectivity index (χ2v) is 34.2. The first-order valence-electron chi connectivity index (χ1n) is 45.9. The van der Waals surface area contributed by atoms with Gasteiger partial charge in [-0.05, 0) is 180 Å². The van der Waals surface area contributed by atoms with Crippen LogP contribution in [0.1, 0.15) is 0 Å². The summed E-state index contributed by atoms with van der Waals surface area (Å²) in [6.45, 7) is 0. The molecule has 26 rings (SSSR count). The maximum Gasteiger partial charge on any atom is 0.164 e. The minimum absolute atomic E-state index is 0.574. The summed E-state index contributed by atoms with van der Waals surface area (Å²) in [7, 11) is 0. The van der Waals surface area contributed by atoms with Crippen molar-refractivity contribution in [3.8, 4) is 169 Å². The molecule has 0 unspecified atom stereocenters. The molecule has 0 amide bonds.